The summed E-state index contributed by atoms with van der Waals surface area (Å²) in [5, 5.41) is 11.4. The third-order valence-electron chi connectivity index (χ3n) is 5.54. The van der Waals surface area contributed by atoms with Crippen molar-refractivity contribution < 1.29 is 23.8 Å². The SMILES string of the molecule is CCOc1ccc2nc(N3C(=O)C(=O)/C(=C(/O)c4ccc(F)cc4)[C@@H]3c3ccccc3)sc2c1. The molecule has 0 spiro atoms. The standard InChI is InChI=1S/C26H19FN2O4S/c1-2-33-18-12-13-19-20(14-18)34-26(28-19)29-22(15-6-4-3-5-7-15)21(24(31)25(29)32)23(30)16-8-10-17(27)11-9-16/h3-14,22,30H,2H2,1H3/b23-21+/t22-/m0/s1. The van der Waals surface area contributed by atoms with Gasteiger partial charge in [0, 0.05) is 5.56 Å². The van der Waals surface area contributed by atoms with Crippen molar-refractivity contribution in [2.24, 2.45) is 0 Å². The van der Waals surface area contributed by atoms with Gasteiger partial charge in [-0.3, -0.25) is 14.5 Å². The van der Waals surface area contributed by atoms with E-state index < -0.39 is 23.5 Å². The van der Waals surface area contributed by atoms with Gasteiger partial charge in [0.2, 0.25) is 0 Å². The van der Waals surface area contributed by atoms with Crippen molar-refractivity contribution in [3.63, 3.8) is 0 Å². The highest BCUT2D eigenvalue weighted by molar-refractivity contribution is 7.22. The van der Waals surface area contributed by atoms with Crippen LogP contribution in [0.15, 0.2) is 78.4 Å². The summed E-state index contributed by atoms with van der Waals surface area (Å²) in [7, 11) is 0. The maximum atomic E-state index is 13.4. The van der Waals surface area contributed by atoms with Gasteiger partial charge in [0.15, 0.2) is 5.13 Å². The zero-order chi connectivity index (χ0) is 23.8. The quantitative estimate of drug-likeness (QED) is 0.236. The van der Waals surface area contributed by atoms with Crippen molar-refractivity contribution in [1.82, 2.24) is 4.98 Å². The number of ether oxygens (including phenoxy) is 1. The van der Waals surface area contributed by atoms with E-state index in [9.17, 15) is 19.1 Å². The molecule has 1 aliphatic rings. The molecule has 2 heterocycles. The van der Waals surface area contributed by atoms with Gasteiger partial charge in [-0.1, -0.05) is 41.7 Å². The van der Waals surface area contributed by atoms with Gasteiger partial charge >= 0.3 is 5.91 Å². The van der Waals surface area contributed by atoms with Gasteiger partial charge in [-0.15, -0.1) is 0 Å². The van der Waals surface area contributed by atoms with Gasteiger partial charge in [0.25, 0.3) is 5.78 Å². The number of anilines is 1. The molecule has 8 heteroatoms. The van der Waals surface area contributed by atoms with Gasteiger partial charge in [-0.25, -0.2) is 9.37 Å². The Labute approximate surface area is 198 Å². The van der Waals surface area contributed by atoms with Gasteiger partial charge in [0.05, 0.1) is 28.4 Å². The van der Waals surface area contributed by atoms with E-state index >= 15 is 0 Å². The van der Waals surface area contributed by atoms with Gasteiger partial charge in [-0.05, 0) is 55.0 Å². The number of aromatic nitrogens is 1. The van der Waals surface area contributed by atoms with Crippen LogP contribution >= 0.6 is 11.3 Å². The molecule has 1 amide bonds. The minimum absolute atomic E-state index is 0.0722. The number of fused-ring (bicyclic) bond motifs is 1. The van der Waals surface area contributed by atoms with Crippen LogP contribution in [0.5, 0.6) is 5.75 Å². The number of ketones is 1. The number of hydrogen-bond acceptors (Lipinski definition) is 6. The highest BCUT2D eigenvalue weighted by Gasteiger charge is 2.48. The Morgan fingerprint density at radius 2 is 1.82 bits per heavy atom. The van der Waals surface area contributed by atoms with Crippen molar-refractivity contribution in [1.29, 1.82) is 0 Å². The lowest BCUT2D eigenvalue weighted by atomic mass is 9.95. The molecule has 3 aromatic carbocycles. The Hall–Kier alpha value is -4.04. The van der Waals surface area contributed by atoms with E-state index in [-0.39, 0.29) is 16.9 Å². The first-order valence-electron chi connectivity index (χ1n) is 10.6. The summed E-state index contributed by atoms with van der Waals surface area (Å²) in [6.45, 7) is 2.41. The van der Waals surface area contributed by atoms with Crippen LogP contribution in [0.2, 0.25) is 0 Å². The molecule has 1 atom stereocenters. The number of carbonyl (C=O) groups excluding carboxylic acids is 2. The number of benzene rings is 3. The van der Waals surface area contributed by atoms with Crippen LogP contribution in [0.1, 0.15) is 24.1 Å². The van der Waals surface area contributed by atoms with Crippen molar-refractivity contribution in [2.75, 3.05) is 11.5 Å². The predicted octanol–water partition coefficient (Wildman–Crippen LogP) is 5.46. The number of aliphatic hydroxyl groups excluding tert-OH is 1. The number of carbonyl (C=O) groups is 2. The zero-order valence-corrected chi connectivity index (χ0v) is 18.9. The minimum atomic E-state index is -0.891. The fourth-order valence-electron chi connectivity index (χ4n) is 4.00. The minimum Gasteiger partial charge on any atom is -0.507 e. The summed E-state index contributed by atoms with van der Waals surface area (Å²) < 4.78 is 19.8. The molecular formula is C26H19FN2O4S. The first kappa shape index (κ1) is 21.8. The first-order valence-corrected chi connectivity index (χ1v) is 11.4. The van der Waals surface area contributed by atoms with Crippen LogP contribution in [0.25, 0.3) is 16.0 Å². The first-order chi connectivity index (χ1) is 16.5. The Morgan fingerprint density at radius 3 is 2.53 bits per heavy atom. The van der Waals surface area contributed by atoms with E-state index in [1.165, 1.54) is 40.5 Å². The van der Waals surface area contributed by atoms with Crippen molar-refractivity contribution in [3.05, 3.63) is 95.3 Å². The summed E-state index contributed by atoms with van der Waals surface area (Å²) in [6, 6.07) is 18.6. The predicted molar refractivity (Wildman–Crippen MR) is 128 cm³/mol. The molecule has 0 radical (unpaired) electrons. The lowest BCUT2D eigenvalue weighted by molar-refractivity contribution is -0.132. The molecule has 1 fully saturated rings. The lowest BCUT2D eigenvalue weighted by Gasteiger charge is -2.22. The van der Waals surface area contributed by atoms with Gasteiger partial charge in [0.1, 0.15) is 17.3 Å². The number of hydrogen-bond donors (Lipinski definition) is 1. The Balaban J connectivity index is 1.68. The van der Waals surface area contributed by atoms with Crippen LogP contribution in [0.3, 0.4) is 0 Å². The molecule has 1 aromatic heterocycles. The Morgan fingerprint density at radius 1 is 1.09 bits per heavy atom. The second-order valence-corrected chi connectivity index (χ2v) is 8.65. The second-order valence-electron chi connectivity index (χ2n) is 7.65. The fraction of sp³-hybridized carbons (Fsp3) is 0.115. The molecule has 0 aliphatic carbocycles. The largest absolute Gasteiger partial charge is 0.507 e. The molecule has 0 saturated carbocycles. The Kier molecular flexibility index (Phi) is 5.59. The summed E-state index contributed by atoms with van der Waals surface area (Å²) in [6.07, 6.45) is 0. The molecule has 5 rings (SSSR count). The van der Waals surface area contributed by atoms with Crippen LogP contribution in [0.4, 0.5) is 9.52 Å². The maximum Gasteiger partial charge on any atom is 0.301 e. The normalized spacial score (nSPS) is 17.5. The molecule has 170 valence electrons. The molecule has 0 bridgehead atoms. The zero-order valence-electron chi connectivity index (χ0n) is 18.1. The number of rotatable bonds is 5. The number of Topliss-reactive ketones (excluding diaryl/α,β-unsaturated/α-hetero) is 1. The molecule has 4 aromatic rings. The van der Waals surface area contributed by atoms with E-state index in [4.69, 9.17) is 4.74 Å². The van der Waals surface area contributed by atoms with Crippen LogP contribution < -0.4 is 9.64 Å². The summed E-state index contributed by atoms with van der Waals surface area (Å²) >= 11 is 1.26. The average Bonchev–Trinajstić information content (AvgIpc) is 3.38. The smallest absolute Gasteiger partial charge is 0.301 e. The second kappa shape index (κ2) is 8.72. The average molecular weight is 475 g/mol. The molecule has 0 unspecified atom stereocenters. The van der Waals surface area contributed by atoms with Crippen LogP contribution in [-0.2, 0) is 9.59 Å². The third-order valence-corrected chi connectivity index (χ3v) is 6.56. The number of halogens is 1. The van der Waals surface area contributed by atoms with Crippen LogP contribution in [-0.4, -0.2) is 28.4 Å². The third kappa shape index (κ3) is 3.72. The van der Waals surface area contributed by atoms with E-state index in [1.54, 1.807) is 36.4 Å². The molecule has 1 N–H and O–H groups in total. The monoisotopic (exact) mass is 474 g/mol. The fourth-order valence-corrected chi connectivity index (χ4v) is 5.02. The van der Waals surface area contributed by atoms with Crippen LogP contribution in [0, 0.1) is 5.82 Å². The van der Waals surface area contributed by atoms with E-state index in [2.05, 4.69) is 4.98 Å². The van der Waals surface area contributed by atoms with E-state index in [1.807, 2.05) is 19.1 Å². The Bertz CT molecular complexity index is 1430. The number of aliphatic hydroxyl groups is 1. The number of thiazole rings is 1. The summed E-state index contributed by atoms with van der Waals surface area (Å²) in [4.78, 5) is 32.3. The molecule has 6 nitrogen and oxygen atoms in total. The summed E-state index contributed by atoms with van der Waals surface area (Å²) in [5.74, 6) is -1.78. The van der Waals surface area contributed by atoms with Crippen molar-refractivity contribution in [2.45, 2.75) is 13.0 Å². The van der Waals surface area contributed by atoms with Crippen molar-refractivity contribution in [3.8, 4) is 5.75 Å². The van der Waals surface area contributed by atoms with E-state index in [0.717, 1.165) is 4.70 Å². The molecule has 1 saturated heterocycles. The van der Waals surface area contributed by atoms with Gasteiger partial charge in [-0.2, -0.15) is 0 Å². The maximum absolute atomic E-state index is 13.4. The topological polar surface area (TPSA) is 79.7 Å². The summed E-state index contributed by atoms with van der Waals surface area (Å²) in [5.41, 5.74) is 1.47. The molecule has 1 aliphatic heterocycles. The van der Waals surface area contributed by atoms with Crippen molar-refractivity contribution >= 4 is 44.1 Å². The highest BCUT2D eigenvalue weighted by Crippen LogP contribution is 2.44. The number of nitrogens with zero attached hydrogens (tertiary/aromatic N) is 2. The highest BCUT2D eigenvalue weighted by atomic mass is 32.1. The lowest BCUT2D eigenvalue weighted by Crippen LogP contribution is -2.29. The number of amides is 1. The molecular weight excluding hydrogens is 455 g/mol. The van der Waals surface area contributed by atoms with E-state index in [0.29, 0.717) is 28.6 Å². The molecule has 34 heavy (non-hydrogen) atoms. The van der Waals surface area contributed by atoms with Gasteiger partial charge < -0.3 is 9.84 Å².